The van der Waals surface area contributed by atoms with Crippen LogP contribution in [0.15, 0.2) is 97.2 Å². The third kappa shape index (κ3) is 53.3. The lowest BCUT2D eigenvalue weighted by Gasteiger charge is -2.18. The van der Waals surface area contributed by atoms with Gasteiger partial charge < -0.3 is 14.2 Å². The standard InChI is InChI=1S/C62H104O6/c1-4-7-10-13-16-19-22-24-26-27-28-29-30-31-32-33-34-35-37-38-40-43-46-49-52-55-61(64)67-58-59(57-66-60(63)54-51-48-45-42-21-18-15-12-9-6-3)68-62(65)56-53-50-47-44-41-39-36-25-23-20-17-14-11-8-5-2/h7-8,10-11,16-17,19-20,24-26,28-29,31-32,36,59H,4-6,9,12-15,18,21-23,27,30,33-35,37-58H2,1-3H3/b10-7-,11-8-,19-16-,20-17-,26-24-,29-28-,32-31-,36-25-. The predicted molar refractivity (Wildman–Crippen MR) is 293 cm³/mol. The van der Waals surface area contributed by atoms with Gasteiger partial charge in [-0.1, -0.05) is 240 Å². The SMILES string of the molecule is CC/C=C\C/C=C\C/C=C\C/C=C\C/C=C\CCCCCCCCCCCC(=O)OCC(COC(=O)CCCCCCCCCCCC)OC(=O)CCCCCCC/C=C\C/C=C\C/C=C\CC. The van der Waals surface area contributed by atoms with Gasteiger partial charge in [0, 0.05) is 19.3 Å². The fourth-order valence-electron chi connectivity index (χ4n) is 7.66. The minimum atomic E-state index is -0.787. The summed E-state index contributed by atoms with van der Waals surface area (Å²) in [4.78, 5) is 38.0. The summed E-state index contributed by atoms with van der Waals surface area (Å²) < 4.78 is 16.8. The molecule has 68 heavy (non-hydrogen) atoms. The maximum absolute atomic E-state index is 12.8. The molecule has 0 amide bonds. The van der Waals surface area contributed by atoms with E-state index in [0.717, 1.165) is 135 Å². The number of esters is 3. The van der Waals surface area contributed by atoms with Crippen LogP contribution < -0.4 is 0 Å². The highest BCUT2D eigenvalue weighted by molar-refractivity contribution is 5.71. The number of unbranched alkanes of at least 4 members (excludes halogenated alkanes) is 23. The molecule has 0 rings (SSSR count). The van der Waals surface area contributed by atoms with E-state index in [-0.39, 0.29) is 31.1 Å². The first kappa shape index (κ1) is 64.3. The van der Waals surface area contributed by atoms with Gasteiger partial charge in [0.1, 0.15) is 13.2 Å². The summed E-state index contributed by atoms with van der Waals surface area (Å²) in [6, 6.07) is 0. The molecule has 0 spiro atoms. The molecule has 0 aromatic carbocycles. The first-order valence-electron chi connectivity index (χ1n) is 28.2. The second kappa shape index (κ2) is 55.9. The second-order valence-electron chi connectivity index (χ2n) is 18.4. The molecule has 1 unspecified atom stereocenters. The van der Waals surface area contributed by atoms with E-state index in [1.807, 2.05) is 0 Å². The van der Waals surface area contributed by atoms with Gasteiger partial charge in [0.05, 0.1) is 0 Å². The van der Waals surface area contributed by atoms with Gasteiger partial charge in [0.25, 0.3) is 0 Å². The summed E-state index contributed by atoms with van der Waals surface area (Å²) in [7, 11) is 0. The van der Waals surface area contributed by atoms with Gasteiger partial charge in [0.2, 0.25) is 0 Å². The van der Waals surface area contributed by atoms with Gasteiger partial charge in [-0.25, -0.2) is 0 Å². The van der Waals surface area contributed by atoms with E-state index in [2.05, 4.69) is 118 Å². The molecular formula is C62H104O6. The van der Waals surface area contributed by atoms with Crippen LogP contribution in [-0.2, 0) is 28.6 Å². The molecule has 0 aliphatic carbocycles. The summed E-state index contributed by atoms with van der Waals surface area (Å²) >= 11 is 0. The molecule has 0 aromatic rings. The fraction of sp³-hybridized carbons (Fsp3) is 0.694. The molecule has 0 aromatic heterocycles. The number of carbonyl (C=O) groups excluding carboxylic acids is 3. The lowest BCUT2D eigenvalue weighted by molar-refractivity contribution is -0.167. The topological polar surface area (TPSA) is 78.9 Å². The van der Waals surface area contributed by atoms with Crippen LogP contribution in [0.3, 0.4) is 0 Å². The zero-order valence-corrected chi connectivity index (χ0v) is 44.3. The number of allylic oxidation sites excluding steroid dienone is 16. The molecule has 0 saturated heterocycles. The van der Waals surface area contributed by atoms with E-state index in [1.54, 1.807) is 0 Å². The Hall–Kier alpha value is -3.67. The molecule has 1 atom stereocenters. The Balaban J connectivity index is 4.29. The van der Waals surface area contributed by atoms with Crippen LogP contribution in [0.5, 0.6) is 0 Å². The second-order valence-corrected chi connectivity index (χ2v) is 18.4. The molecule has 0 fully saturated rings. The monoisotopic (exact) mass is 945 g/mol. The maximum atomic E-state index is 12.8. The summed E-state index contributed by atoms with van der Waals surface area (Å²) in [6.45, 7) is 6.39. The molecule has 0 aliphatic heterocycles. The molecule has 388 valence electrons. The van der Waals surface area contributed by atoms with Crippen LogP contribution in [0, 0.1) is 0 Å². The van der Waals surface area contributed by atoms with Crippen molar-refractivity contribution in [3.05, 3.63) is 97.2 Å². The normalized spacial score (nSPS) is 12.8. The Morgan fingerprint density at radius 2 is 0.574 bits per heavy atom. The third-order valence-electron chi connectivity index (χ3n) is 11.8. The first-order chi connectivity index (χ1) is 33.5. The van der Waals surface area contributed by atoms with Gasteiger partial charge in [-0.2, -0.15) is 0 Å². The van der Waals surface area contributed by atoms with Gasteiger partial charge in [-0.3, -0.25) is 14.4 Å². The van der Waals surface area contributed by atoms with Crippen LogP contribution in [0.25, 0.3) is 0 Å². The van der Waals surface area contributed by atoms with Crippen molar-refractivity contribution in [2.75, 3.05) is 13.2 Å². The molecule has 0 bridgehead atoms. The van der Waals surface area contributed by atoms with Crippen LogP contribution in [0.2, 0.25) is 0 Å². The van der Waals surface area contributed by atoms with Crippen molar-refractivity contribution in [1.29, 1.82) is 0 Å². The average Bonchev–Trinajstić information content (AvgIpc) is 3.34. The largest absolute Gasteiger partial charge is 0.462 e. The van der Waals surface area contributed by atoms with E-state index >= 15 is 0 Å². The molecular weight excluding hydrogens is 841 g/mol. The van der Waals surface area contributed by atoms with Crippen molar-refractivity contribution in [1.82, 2.24) is 0 Å². The Morgan fingerprint density at radius 1 is 0.309 bits per heavy atom. The summed E-state index contributed by atoms with van der Waals surface area (Å²) in [6.07, 6.45) is 74.0. The predicted octanol–water partition coefficient (Wildman–Crippen LogP) is 18.9. The average molecular weight is 946 g/mol. The number of ether oxygens (including phenoxy) is 3. The van der Waals surface area contributed by atoms with Gasteiger partial charge >= 0.3 is 17.9 Å². The third-order valence-corrected chi connectivity index (χ3v) is 11.8. The minimum absolute atomic E-state index is 0.0851. The van der Waals surface area contributed by atoms with E-state index in [4.69, 9.17) is 14.2 Å². The quantitative estimate of drug-likeness (QED) is 0.0262. The van der Waals surface area contributed by atoms with Crippen molar-refractivity contribution in [2.24, 2.45) is 0 Å². The number of rotatable bonds is 50. The van der Waals surface area contributed by atoms with Crippen LogP contribution in [0.1, 0.15) is 258 Å². The van der Waals surface area contributed by atoms with Crippen molar-refractivity contribution in [3.8, 4) is 0 Å². The van der Waals surface area contributed by atoms with Crippen molar-refractivity contribution in [3.63, 3.8) is 0 Å². The maximum Gasteiger partial charge on any atom is 0.306 e. The highest BCUT2D eigenvalue weighted by Gasteiger charge is 2.19. The summed E-state index contributed by atoms with van der Waals surface area (Å²) in [5.41, 5.74) is 0. The van der Waals surface area contributed by atoms with Crippen LogP contribution in [0.4, 0.5) is 0 Å². The van der Waals surface area contributed by atoms with E-state index in [0.29, 0.717) is 19.3 Å². The zero-order valence-electron chi connectivity index (χ0n) is 44.3. The fourth-order valence-corrected chi connectivity index (χ4v) is 7.66. The smallest absolute Gasteiger partial charge is 0.306 e. The van der Waals surface area contributed by atoms with Gasteiger partial charge in [0.15, 0.2) is 6.10 Å². The summed E-state index contributed by atoms with van der Waals surface area (Å²) in [5, 5.41) is 0. The Labute approximate surface area is 419 Å². The molecule has 0 saturated carbocycles. The van der Waals surface area contributed by atoms with Crippen molar-refractivity contribution >= 4 is 17.9 Å². The van der Waals surface area contributed by atoms with Crippen molar-refractivity contribution < 1.29 is 28.6 Å². The molecule has 6 heteroatoms. The van der Waals surface area contributed by atoms with E-state index < -0.39 is 6.10 Å². The lowest BCUT2D eigenvalue weighted by Crippen LogP contribution is -2.30. The lowest BCUT2D eigenvalue weighted by atomic mass is 10.1. The number of hydrogen-bond acceptors (Lipinski definition) is 6. The molecule has 0 N–H and O–H groups in total. The van der Waals surface area contributed by atoms with Crippen LogP contribution >= 0.6 is 0 Å². The molecule has 0 radical (unpaired) electrons. The number of hydrogen-bond donors (Lipinski definition) is 0. The van der Waals surface area contributed by atoms with E-state index in [9.17, 15) is 14.4 Å². The highest BCUT2D eigenvalue weighted by Crippen LogP contribution is 2.15. The Bertz CT molecular complexity index is 1360. The highest BCUT2D eigenvalue weighted by atomic mass is 16.6. The first-order valence-corrected chi connectivity index (χ1v) is 28.2. The van der Waals surface area contributed by atoms with Gasteiger partial charge in [-0.15, -0.1) is 0 Å². The Morgan fingerprint density at radius 3 is 0.897 bits per heavy atom. The number of carbonyl (C=O) groups is 3. The molecule has 0 aliphatic rings. The minimum Gasteiger partial charge on any atom is -0.462 e. The van der Waals surface area contributed by atoms with Crippen LogP contribution in [-0.4, -0.2) is 37.2 Å². The Kier molecular flexibility index (Phi) is 52.9. The van der Waals surface area contributed by atoms with Gasteiger partial charge in [-0.05, 0) is 96.3 Å². The molecule has 0 heterocycles. The molecule has 6 nitrogen and oxygen atoms in total. The van der Waals surface area contributed by atoms with Crippen molar-refractivity contribution in [2.45, 2.75) is 264 Å². The van der Waals surface area contributed by atoms with E-state index in [1.165, 1.54) is 83.5 Å². The zero-order chi connectivity index (χ0) is 49.3. The summed E-state index contributed by atoms with van der Waals surface area (Å²) in [5.74, 6) is -0.908.